The lowest BCUT2D eigenvalue weighted by molar-refractivity contribution is -0.127. The maximum Gasteiger partial charge on any atom is 0.231 e. The molecule has 20 heavy (non-hydrogen) atoms. The first-order valence-corrected chi connectivity index (χ1v) is 7.25. The van der Waals surface area contributed by atoms with Gasteiger partial charge in [0, 0.05) is 13.0 Å². The van der Waals surface area contributed by atoms with Gasteiger partial charge in [-0.05, 0) is 31.9 Å². The van der Waals surface area contributed by atoms with Crippen LogP contribution in [0.1, 0.15) is 39.0 Å². The Balaban J connectivity index is 1.73. The second-order valence-electron chi connectivity index (χ2n) is 5.51. The molecule has 0 bridgehead atoms. The number of unbranched alkanes of at least 4 members (excludes halogenated alkanes) is 2. The fourth-order valence-electron chi connectivity index (χ4n) is 2.60. The number of carbonyl (C=O) groups is 2. The highest BCUT2D eigenvalue weighted by molar-refractivity contribution is 6.03. The number of ketones is 1. The van der Waals surface area contributed by atoms with E-state index in [1.165, 1.54) is 0 Å². The Kier molecular flexibility index (Phi) is 4.77. The van der Waals surface area contributed by atoms with Crippen molar-refractivity contribution in [2.45, 2.75) is 39.0 Å². The number of nitrogen functional groups attached to an aromatic ring is 1. The van der Waals surface area contributed by atoms with Crippen molar-refractivity contribution in [1.29, 1.82) is 0 Å². The number of anilines is 2. The third kappa shape index (κ3) is 3.38. The zero-order valence-corrected chi connectivity index (χ0v) is 12.0. The standard InChI is InChI=1S/C16H22N2O2/c1-12(19)7-3-2-4-8-13-11-18(16(13)20)15-10-6-5-9-14(15)17/h5-6,9-10,13H,2-4,7-8,11,17H2,1H3. The van der Waals surface area contributed by atoms with Gasteiger partial charge in [0.2, 0.25) is 5.91 Å². The number of β-lactam (4-membered cyclic amide) rings is 1. The van der Waals surface area contributed by atoms with Crippen molar-refractivity contribution in [3.63, 3.8) is 0 Å². The molecule has 0 aliphatic carbocycles. The number of carbonyl (C=O) groups excluding carboxylic acids is 2. The van der Waals surface area contributed by atoms with Gasteiger partial charge < -0.3 is 15.4 Å². The minimum Gasteiger partial charge on any atom is -0.397 e. The molecule has 1 atom stereocenters. The van der Waals surface area contributed by atoms with E-state index in [0.717, 1.165) is 37.9 Å². The van der Waals surface area contributed by atoms with E-state index in [4.69, 9.17) is 5.73 Å². The van der Waals surface area contributed by atoms with Crippen LogP contribution in [0.15, 0.2) is 24.3 Å². The summed E-state index contributed by atoms with van der Waals surface area (Å²) in [4.78, 5) is 24.7. The maximum atomic E-state index is 12.1. The molecular weight excluding hydrogens is 252 g/mol. The highest BCUT2D eigenvalue weighted by atomic mass is 16.2. The average molecular weight is 274 g/mol. The van der Waals surface area contributed by atoms with E-state index in [9.17, 15) is 9.59 Å². The van der Waals surface area contributed by atoms with Crippen LogP contribution in [-0.2, 0) is 9.59 Å². The fourth-order valence-corrected chi connectivity index (χ4v) is 2.60. The topological polar surface area (TPSA) is 63.4 Å². The number of benzene rings is 1. The molecule has 0 spiro atoms. The summed E-state index contributed by atoms with van der Waals surface area (Å²) in [5, 5.41) is 0. The van der Waals surface area contributed by atoms with E-state index in [1.807, 2.05) is 24.3 Å². The van der Waals surface area contributed by atoms with Crippen molar-refractivity contribution in [2.75, 3.05) is 17.2 Å². The monoisotopic (exact) mass is 274 g/mol. The smallest absolute Gasteiger partial charge is 0.231 e. The summed E-state index contributed by atoms with van der Waals surface area (Å²) in [5.74, 6) is 0.553. The first kappa shape index (κ1) is 14.6. The lowest BCUT2D eigenvalue weighted by Crippen LogP contribution is -2.52. The van der Waals surface area contributed by atoms with Crippen molar-refractivity contribution >= 4 is 23.1 Å². The van der Waals surface area contributed by atoms with Gasteiger partial charge in [-0.15, -0.1) is 0 Å². The zero-order valence-electron chi connectivity index (χ0n) is 12.0. The zero-order chi connectivity index (χ0) is 14.5. The van der Waals surface area contributed by atoms with Crippen LogP contribution in [0.25, 0.3) is 0 Å². The first-order valence-electron chi connectivity index (χ1n) is 7.25. The van der Waals surface area contributed by atoms with Gasteiger partial charge in [0.15, 0.2) is 0 Å². The molecule has 0 radical (unpaired) electrons. The molecule has 2 N–H and O–H groups in total. The predicted octanol–water partition coefficient (Wildman–Crippen LogP) is 2.77. The molecule has 1 saturated heterocycles. The molecule has 0 aromatic heterocycles. The Morgan fingerprint density at radius 3 is 2.70 bits per heavy atom. The van der Waals surface area contributed by atoms with Crippen LogP contribution < -0.4 is 10.6 Å². The Labute approximate surface area is 119 Å². The molecule has 1 heterocycles. The van der Waals surface area contributed by atoms with E-state index in [-0.39, 0.29) is 17.6 Å². The van der Waals surface area contributed by atoms with Gasteiger partial charge in [-0.1, -0.05) is 25.0 Å². The van der Waals surface area contributed by atoms with Crippen molar-refractivity contribution in [1.82, 2.24) is 0 Å². The number of amides is 1. The van der Waals surface area contributed by atoms with Crippen molar-refractivity contribution in [3.8, 4) is 0 Å². The lowest BCUT2D eigenvalue weighted by Gasteiger charge is -2.39. The van der Waals surface area contributed by atoms with Gasteiger partial charge in [-0.2, -0.15) is 0 Å². The second-order valence-corrected chi connectivity index (χ2v) is 5.51. The molecule has 1 aromatic carbocycles. The van der Waals surface area contributed by atoms with E-state index in [1.54, 1.807) is 11.8 Å². The predicted molar refractivity (Wildman–Crippen MR) is 80.5 cm³/mol. The number of rotatable bonds is 7. The van der Waals surface area contributed by atoms with Gasteiger partial charge in [-0.25, -0.2) is 0 Å². The molecule has 1 aromatic rings. The summed E-state index contributed by atoms with van der Waals surface area (Å²) in [5.41, 5.74) is 7.36. The molecule has 1 unspecified atom stereocenters. The minimum absolute atomic E-state index is 0.131. The van der Waals surface area contributed by atoms with E-state index >= 15 is 0 Å². The van der Waals surface area contributed by atoms with Crippen LogP contribution in [0.2, 0.25) is 0 Å². The Bertz CT molecular complexity index is 499. The van der Waals surface area contributed by atoms with Crippen LogP contribution >= 0.6 is 0 Å². The van der Waals surface area contributed by atoms with Crippen molar-refractivity contribution < 1.29 is 9.59 Å². The number of Topliss-reactive ketones (excluding diaryl/α,β-unsaturated/α-hetero) is 1. The SMILES string of the molecule is CC(=O)CCCCCC1CN(c2ccccc2N)C1=O. The molecule has 4 heteroatoms. The van der Waals surface area contributed by atoms with Crippen molar-refractivity contribution in [3.05, 3.63) is 24.3 Å². The minimum atomic E-state index is 0.131. The van der Waals surface area contributed by atoms with Crippen LogP contribution in [-0.4, -0.2) is 18.2 Å². The first-order chi connectivity index (χ1) is 9.59. The van der Waals surface area contributed by atoms with Crippen LogP contribution in [0.3, 0.4) is 0 Å². The van der Waals surface area contributed by atoms with Gasteiger partial charge in [0.25, 0.3) is 0 Å². The van der Waals surface area contributed by atoms with Gasteiger partial charge in [0.05, 0.1) is 17.3 Å². The summed E-state index contributed by atoms with van der Waals surface area (Å²) in [7, 11) is 0. The van der Waals surface area contributed by atoms with E-state index in [0.29, 0.717) is 12.1 Å². The number of hydrogen-bond donors (Lipinski definition) is 1. The molecule has 4 nitrogen and oxygen atoms in total. The number of para-hydroxylation sites is 2. The molecular formula is C16H22N2O2. The fraction of sp³-hybridized carbons (Fsp3) is 0.500. The molecule has 108 valence electrons. The third-order valence-electron chi connectivity index (χ3n) is 3.83. The third-order valence-corrected chi connectivity index (χ3v) is 3.83. The van der Waals surface area contributed by atoms with Crippen LogP contribution in [0.4, 0.5) is 11.4 Å². The summed E-state index contributed by atoms with van der Waals surface area (Å²) < 4.78 is 0. The molecule has 0 saturated carbocycles. The summed E-state index contributed by atoms with van der Waals surface area (Å²) in [6.07, 6.45) is 4.55. The second kappa shape index (κ2) is 6.55. The molecule has 1 amide bonds. The van der Waals surface area contributed by atoms with Gasteiger partial charge in [0.1, 0.15) is 5.78 Å². The molecule has 2 rings (SSSR count). The van der Waals surface area contributed by atoms with E-state index in [2.05, 4.69) is 0 Å². The average Bonchev–Trinajstić information content (AvgIpc) is 2.42. The van der Waals surface area contributed by atoms with Gasteiger partial charge in [-0.3, -0.25) is 4.79 Å². The van der Waals surface area contributed by atoms with E-state index < -0.39 is 0 Å². The van der Waals surface area contributed by atoms with Crippen LogP contribution in [0, 0.1) is 5.92 Å². The summed E-state index contributed by atoms with van der Waals surface area (Å²) >= 11 is 0. The normalized spacial score (nSPS) is 17.9. The quantitative estimate of drug-likeness (QED) is 0.472. The summed E-state index contributed by atoms with van der Waals surface area (Å²) in [6, 6.07) is 7.47. The molecule has 1 aliphatic rings. The molecule has 1 fully saturated rings. The Morgan fingerprint density at radius 1 is 1.30 bits per heavy atom. The Morgan fingerprint density at radius 2 is 2.05 bits per heavy atom. The lowest BCUT2D eigenvalue weighted by atomic mass is 9.91. The number of nitrogens with two attached hydrogens (primary N) is 1. The maximum absolute atomic E-state index is 12.1. The summed E-state index contributed by atoms with van der Waals surface area (Å²) in [6.45, 7) is 2.39. The van der Waals surface area contributed by atoms with Gasteiger partial charge >= 0.3 is 0 Å². The highest BCUT2D eigenvalue weighted by Gasteiger charge is 2.37. The Hall–Kier alpha value is -1.84. The highest BCUT2D eigenvalue weighted by Crippen LogP contribution is 2.32. The molecule has 1 aliphatic heterocycles. The van der Waals surface area contributed by atoms with Crippen molar-refractivity contribution in [2.24, 2.45) is 5.92 Å². The van der Waals surface area contributed by atoms with Crippen LogP contribution in [0.5, 0.6) is 0 Å². The number of nitrogens with zero attached hydrogens (tertiary/aromatic N) is 1. The largest absolute Gasteiger partial charge is 0.397 e. The number of hydrogen-bond acceptors (Lipinski definition) is 3.